The number of hydrogen-bond acceptors (Lipinski definition) is 5. The maximum atomic E-state index is 12.3. The molecule has 0 spiro atoms. The first kappa shape index (κ1) is 20.1. The molecule has 0 unspecified atom stereocenters. The van der Waals surface area contributed by atoms with Crippen LogP contribution in [0.3, 0.4) is 0 Å². The summed E-state index contributed by atoms with van der Waals surface area (Å²) in [6, 6.07) is 3.57. The molecule has 0 saturated carbocycles. The Balaban J connectivity index is 2.09. The molecule has 0 amide bonds. The van der Waals surface area contributed by atoms with E-state index in [0.717, 1.165) is 31.5 Å². The topological polar surface area (TPSA) is 70.6 Å². The first-order valence-corrected chi connectivity index (χ1v) is 8.94. The van der Waals surface area contributed by atoms with Gasteiger partial charge >= 0.3 is 5.97 Å². The maximum absolute atomic E-state index is 12.3. The minimum Gasteiger partial charge on any atom is -0.493 e. The van der Waals surface area contributed by atoms with Gasteiger partial charge in [-0.2, -0.15) is 0 Å². The SMILES string of the molecule is COc1cc(/C=C/C(=O)OC(C)(C)C2CC[NH2+]CC2)cc(OC)c1OC. The Morgan fingerprint density at radius 1 is 1.08 bits per heavy atom. The molecule has 0 bridgehead atoms. The van der Waals surface area contributed by atoms with Gasteiger partial charge in [0.05, 0.1) is 34.4 Å². The summed E-state index contributed by atoms with van der Waals surface area (Å²) in [7, 11) is 4.67. The Labute approximate surface area is 155 Å². The van der Waals surface area contributed by atoms with Crippen molar-refractivity contribution in [3.05, 3.63) is 23.8 Å². The van der Waals surface area contributed by atoms with Gasteiger partial charge in [-0.1, -0.05) is 0 Å². The molecule has 2 rings (SSSR count). The highest BCUT2D eigenvalue weighted by Gasteiger charge is 2.34. The van der Waals surface area contributed by atoms with E-state index in [1.54, 1.807) is 39.5 Å². The lowest BCUT2D eigenvalue weighted by Gasteiger charge is -2.35. The lowest BCUT2D eigenvalue weighted by atomic mass is 9.83. The lowest BCUT2D eigenvalue weighted by Crippen LogP contribution is -2.86. The van der Waals surface area contributed by atoms with Crippen molar-refractivity contribution in [3.63, 3.8) is 0 Å². The fourth-order valence-corrected chi connectivity index (χ4v) is 3.36. The monoisotopic (exact) mass is 364 g/mol. The van der Waals surface area contributed by atoms with Gasteiger partial charge in [0.25, 0.3) is 0 Å². The van der Waals surface area contributed by atoms with Gasteiger partial charge in [-0.05, 0) is 37.6 Å². The third-order valence-electron chi connectivity index (χ3n) is 4.88. The second kappa shape index (κ2) is 8.94. The molecule has 6 nitrogen and oxygen atoms in total. The number of quaternary nitrogens is 1. The fraction of sp³-hybridized carbons (Fsp3) is 0.550. The second-order valence-corrected chi connectivity index (χ2v) is 6.96. The molecule has 6 heteroatoms. The largest absolute Gasteiger partial charge is 0.493 e. The van der Waals surface area contributed by atoms with Crippen LogP contribution in [-0.2, 0) is 9.53 Å². The molecule has 1 fully saturated rings. The van der Waals surface area contributed by atoms with E-state index in [2.05, 4.69) is 5.32 Å². The zero-order valence-corrected chi connectivity index (χ0v) is 16.3. The van der Waals surface area contributed by atoms with E-state index in [9.17, 15) is 4.79 Å². The Hall–Kier alpha value is -2.21. The Morgan fingerprint density at radius 2 is 1.65 bits per heavy atom. The summed E-state index contributed by atoms with van der Waals surface area (Å²) < 4.78 is 21.7. The molecule has 0 atom stereocenters. The zero-order chi connectivity index (χ0) is 19.2. The van der Waals surface area contributed by atoms with E-state index in [1.807, 2.05) is 13.8 Å². The van der Waals surface area contributed by atoms with E-state index in [0.29, 0.717) is 23.2 Å². The summed E-state index contributed by atoms with van der Waals surface area (Å²) >= 11 is 0. The Kier molecular flexibility index (Phi) is 6.91. The average molecular weight is 364 g/mol. The first-order chi connectivity index (χ1) is 12.4. The van der Waals surface area contributed by atoms with Crippen molar-refractivity contribution in [2.24, 2.45) is 5.92 Å². The van der Waals surface area contributed by atoms with E-state index >= 15 is 0 Å². The van der Waals surface area contributed by atoms with Gasteiger partial charge in [-0.25, -0.2) is 4.79 Å². The molecule has 1 aromatic rings. The van der Waals surface area contributed by atoms with Crippen LogP contribution in [-0.4, -0.2) is 46.0 Å². The minimum atomic E-state index is -0.467. The molecule has 1 aliphatic heterocycles. The van der Waals surface area contributed by atoms with Crippen LogP contribution < -0.4 is 19.5 Å². The van der Waals surface area contributed by atoms with Gasteiger partial charge in [0.15, 0.2) is 11.5 Å². The van der Waals surface area contributed by atoms with Gasteiger partial charge in [-0.3, -0.25) is 0 Å². The highest BCUT2D eigenvalue weighted by atomic mass is 16.6. The summed E-state index contributed by atoms with van der Waals surface area (Å²) in [5.41, 5.74) is 0.298. The molecule has 2 N–H and O–H groups in total. The molecule has 0 aliphatic carbocycles. The van der Waals surface area contributed by atoms with Crippen molar-refractivity contribution < 1.29 is 29.1 Å². The summed E-state index contributed by atoms with van der Waals surface area (Å²) in [6.07, 6.45) is 5.27. The van der Waals surface area contributed by atoms with E-state index in [4.69, 9.17) is 18.9 Å². The number of nitrogens with two attached hydrogens (primary N) is 1. The van der Waals surface area contributed by atoms with Crippen molar-refractivity contribution in [1.29, 1.82) is 0 Å². The van der Waals surface area contributed by atoms with Crippen molar-refractivity contribution in [2.45, 2.75) is 32.3 Å². The molecule has 1 aliphatic rings. The second-order valence-electron chi connectivity index (χ2n) is 6.96. The van der Waals surface area contributed by atoms with E-state index < -0.39 is 5.60 Å². The normalized spacial score (nSPS) is 15.7. The Morgan fingerprint density at radius 3 is 2.15 bits per heavy atom. The number of methoxy groups -OCH3 is 3. The van der Waals surface area contributed by atoms with Gasteiger partial charge in [0, 0.05) is 24.8 Å². The molecule has 1 aromatic carbocycles. The van der Waals surface area contributed by atoms with E-state index in [-0.39, 0.29) is 5.97 Å². The molecule has 144 valence electrons. The predicted octanol–water partition coefficient (Wildman–Crippen LogP) is 2.02. The van der Waals surface area contributed by atoms with Gasteiger partial charge < -0.3 is 24.3 Å². The Bertz CT molecular complexity index is 623. The zero-order valence-electron chi connectivity index (χ0n) is 16.3. The molecule has 26 heavy (non-hydrogen) atoms. The van der Waals surface area contributed by atoms with Crippen LogP contribution >= 0.6 is 0 Å². The number of carbonyl (C=O) groups is 1. The molecule has 0 aromatic heterocycles. The quantitative estimate of drug-likeness (QED) is 0.592. The minimum absolute atomic E-state index is 0.349. The highest BCUT2D eigenvalue weighted by molar-refractivity contribution is 5.87. The van der Waals surface area contributed by atoms with Crippen LogP contribution in [0.15, 0.2) is 18.2 Å². The van der Waals surface area contributed by atoms with Crippen LogP contribution in [0.2, 0.25) is 0 Å². The number of esters is 1. The summed E-state index contributed by atoms with van der Waals surface area (Å²) in [4.78, 5) is 12.3. The summed E-state index contributed by atoms with van der Waals surface area (Å²) in [5.74, 6) is 1.64. The third-order valence-corrected chi connectivity index (χ3v) is 4.88. The van der Waals surface area contributed by atoms with Crippen molar-refractivity contribution in [1.82, 2.24) is 0 Å². The van der Waals surface area contributed by atoms with Crippen LogP contribution in [0.4, 0.5) is 0 Å². The summed E-state index contributed by atoms with van der Waals surface area (Å²) in [5, 5.41) is 2.30. The first-order valence-electron chi connectivity index (χ1n) is 8.94. The average Bonchev–Trinajstić information content (AvgIpc) is 2.65. The number of rotatable bonds is 7. The third kappa shape index (κ3) is 4.91. The van der Waals surface area contributed by atoms with Crippen molar-refractivity contribution in [2.75, 3.05) is 34.4 Å². The molecule has 0 radical (unpaired) electrons. The molecular weight excluding hydrogens is 334 g/mol. The standard InChI is InChI=1S/C20H29NO5/c1-20(2,15-8-10-21-11-9-15)26-18(22)7-6-14-12-16(23-3)19(25-5)17(13-14)24-4/h6-7,12-13,15,21H,8-11H2,1-5H3/p+1/b7-6+. The van der Waals surface area contributed by atoms with Crippen LogP contribution in [0, 0.1) is 5.92 Å². The van der Waals surface area contributed by atoms with Crippen LogP contribution in [0.25, 0.3) is 6.08 Å². The smallest absolute Gasteiger partial charge is 0.331 e. The van der Waals surface area contributed by atoms with Gasteiger partial charge in [0.2, 0.25) is 5.75 Å². The molecule has 1 heterocycles. The fourth-order valence-electron chi connectivity index (χ4n) is 3.36. The predicted molar refractivity (Wildman–Crippen MR) is 99.7 cm³/mol. The number of hydrogen-bond donors (Lipinski definition) is 1. The van der Waals surface area contributed by atoms with E-state index in [1.165, 1.54) is 6.08 Å². The lowest BCUT2D eigenvalue weighted by molar-refractivity contribution is -0.665. The maximum Gasteiger partial charge on any atom is 0.331 e. The molecular formula is C20H30NO5+. The molecule has 1 saturated heterocycles. The van der Waals surface area contributed by atoms with Crippen LogP contribution in [0.1, 0.15) is 32.3 Å². The summed E-state index contributed by atoms with van der Waals surface area (Å²) in [6.45, 7) is 6.17. The van der Waals surface area contributed by atoms with Gasteiger partial charge in [-0.15, -0.1) is 0 Å². The van der Waals surface area contributed by atoms with Crippen molar-refractivity contribution in [3.8, 4) is 17.2 Å². The van der Waals surface area contributed by atoms with Crippen LogP contribution in [0.5, 0.6) is 17.2 Å². The van der Waals surface area contributed by atoms with Gasteiger partial charge in [0.1, 0.15) is 5.60 Å². The number of piperidine rings is 1. The number of ether oxygens (including phenoxy) is 4. The number of carbonyl (C=O) groups excluding carboxylic acids is 1. The highest BCUT2D eigenvalue weighted by Crippen LogP contribution is 2.38. The van der Waals surface area contributed by atoms with Crippen molar-refractivity contribution >= 4 is 12.0 Å². The number of benzene rings is 1.